The monoisotopic (exact) mass is 257 g/mol. The highest BCUT2D eigenvalue weighted by Crippen LogP contribution is 2.25. The summed E-state index contributed by atoms with van der Waals surface area (Å²) in [7, 11) is 1.67. The number of piperidine rings is 1. The van der Waals surface area contributed by atoms with E-state index in [0.717, 1.165) is 19.4 Å². The molecule has 0 aliphatic carbocycles. The summed E-state index contributed by atoms with van der Waals surface area (Å²) >= 11 is 0. The normalized spacial score (nSPS) is 25.8. The SMILES string of the molecule is COC1(C)CCCN(C(=O)CC(C)CC(=O)O)C1. The summed E-state index contributed by atoms with van der Waals surface area (Å²) in [6.45, 7) is 5.15. The van der Waals surface area contributed by atoms with E-state index in [1.165, 1.54) is 0 Å². The lowest BCUT2D eigenvalue weighted by Crippen LogP contribution is -2.49. The number of nitrogens with zero attached hydrogens (tertiary/aromatic N) is 1. The van der Waals surface area contributed by atoms with E-state index in [4.69, 9.17) is 9.84 Å². The van der Waals surface area contributed by atoms with Crippen LogP contribution in [0.5, 0.6) is 0 Å². The predicted octanol–water partition coefficient (Wildman–Crippen LogP) is 1.51. The van der Waals surface area contributed by atoms with Crippen LogP contribution in [0, 0.1) is 5.92 Å². The van der Waals surface area contributed by atoms with Crippen LogP contribution in [0.3, 0.4) is 0 Å². The van der Waals surface area contributed by atoms with Crippen LogP contribution in [-0.2, 0) is 14.3 Å². The first-order valence-electron chi connectivity index (χ1n) is 6.41. The highest BCUT2D eigenvalue weighted by molar-refractivity contribution is 5.77. The molecule has 1 aliphatic heterocycles. The molecule has 0 aromatic heterocycles. The van der Waals surface area contributed by atoms with Crippen molar-refractivity contribution >= 4 is 11.9 Å². The Balaban J connectivity index is 2.49. The highest BCUT2D eigenvalue weighted by atomic mass is 16.5. The maximum Gasteiger partial charge on any atom is 0.303 e. The molecule has 0 aromatic carbocycles. The van der Waals surface area contributed by atoms with Crippen molar-refractivity contribution in [1.82, 2.24) is 4.90 Å². The number of amides is 1. The predicted molar refractivity (Wildman–Crippen MR) is 67.3 cm³/mol. The number of aliphatic carboxylic acids is 1. The third kappa shape index (κ3) is 4.29. The molecule has 0 spiro atoms. The van der Waals surface area contributed by atoms with E-state index in [1.54, 1.807) is 18.9 Å². The molecule has 18 heavy (non-hydrogen) atoms. The molecule has 5 nitrogen and oxygen atoms in total. The molecule has 1 fully saturated rings. The maximum absolute atomic E-state index is 12.1. The largest absolute Gasteiger partial charge is 0.481 e. The summed E-state index contributed by atoms with van der Waals surface area (Å²) in [5.41, 5.74) is -0.260. The van der Waals surface area contributed by atoms with Gasteiger partial charge in [0, 0.05) is 33.0 Å². The molecule has 5 heteroatoms. The molecule has 1 saturated heterocycles. The molecule has 0 saturated carbocycles. The topological polar surface area (TPSA) is 66.8 Å². The smallest absolute Gasteiger partial charge is 0.303 e. The first-order chi connectivity index (χ1) is 8.36. The summed E-state index contributed by atoms with van der Waals surface area (Å²) in [6.07, 6.45) is 2.23. The molecule has 0 radical (unpaired) electrons. The first kappa shape index (κ1) is 15.0. The third-order valence-corrected chi connectivity index (χ3v) is 3.55. The van der Waals surface area contributed by atoms with E-state index in [1.807, 2.05) is 6.92 Å². The zero-order chi connectivity index (χ0) is 13.8. The Morgan fingerprint density at radius 2 is 2.11 bits per heavy atom. The van der Waals surface area contributed by atoms with Crippen molar-refractivity contribution in [2.24, 2.45) is 5.92 Å². The Labute approximate surface area is 108 Å². The van der Waals surface area contributed by atoms with E-state index in [-0.39, 0.29) is 23.8 Å². The van der Waals surface area contributed by atoms with E-state index < -0.39 is 5.97 Å². The van der Waals surface area contributed by atoms with Gasteiger partial charge < -0.3 is 14.7 Å². The summed E-state index contributed by atoms with van der Waals surface area (Å²) in [6, 6.07) is 0. The van der Waals surface area contributed by atoms with E-state index in [0.29, 0.717) is 13.0 Å². The Morgan fingerprint density at radius 3 is 2.67 bits per heavy atom. The molecule has 2 unspecified atom stereocenters. The number of likely N-dealkylation sites (tertiary alicyclic amines) is 1. The summed E-state index contributed by atoms with van der Waals surface area (Å²) in [4.78, 5) is 24.4. The summed E-state index contributed by atoms with van der Waals surface area (Å²) in [5, 5.41) is 8.68. The minimum atomic E-state index is -0.851. The van der Waals surface area contributed by atoms with Crippen molar-refractivity contribution in [2.75, 3.05) is 20.2 Å². The van der Waals surface area contributed by atoms with Crippen molar-refractivity contribution in [3.8, 4) is 0 Å². The van der Waals surface area contributed by atoms with Crippen molar-refractivity contribution in [2.45, 2.75) is 45.1 Å². The van der Waals surface area contributed by atoms with Gasteiger partial charge in [0.1, 0.15) is 0 Å². The van der Waals surface area contributed by atoms with Gasteiger partial charge in [-0.15, -0.1) is 0 Å². The minimum Gasteiger partial charge on any atom is -0.481 e. The van der Waals surface area contributed by atoms with E-state index >= 15 is 0 Å². The quantitative estimate of drug-likeness (QED) is 0.810. The Morgan fingerprint density at radius 1 is 1.44 bits per heavy atom. The van der Waals surface area contributed by atoms with Gasteiger partial charge in [-0.3, -0.25) is 9.59 Å². The van der Waals surface area contributed by atoms with Crippen LogP contribution in [0.2, 0.25) is 0 Å². The molecule has 1 amide bonds. The molecule has 1 aliphatic rings. The van der Waals surface area contributed by atoms with Gasteiger partial charge in [-0.1, -0.05) is 6.92 Å². The number of hydrogen-bond acceptors (Lipinski definition) is 3. The number of rotatable bonds is 5. The molecule has 1 rings (SSSR count). The fraction of sp³-hybridized carbons (Fsp3) is 0.846. The molecular formula is C13H23NO4. The van der Waals surface area contributed by atoms with E-state index in [9.17, 15) is 9.59 Å². The zero-order valence-electron chi connectivity index (χ0n) is 11.4. The van der Waals surface area contributed by atoms with Crippen molar-refractivity contribution in [1.29, 1.82) is 0 Å². The second-order valence-corrected chi connectivity index (χ2v) is 5.48. The van der Waals surface area contributed by atoms with Gasteiger partial charge in [-0.25, -0.2) is 0 Å². The average molecular weight is 257 g/mol. The van der Waals surface area contributed by atoms with E-state index in [2.05, 4.69) is 0 Å². The van der Waals surface area contributed by atoms with Crippen LogP contribution in [0.1, 0.15) is 39.5 Å². The third-order valence-electron chi connectivity index (χ3n) is 3.55. The summed E-state index contributed by atoms with van der Waals surface area (Å²) < 4.78 is 5.44. The second-order valence-electron chi connectivity index (χ2n) is 5.48. The van der Waals surface area contributed by atoms with Gasteiger partial charge in [0.15, 0.2) is 0 Å². The minimum absolute atomic E-state index is 0.0340. The Bertz CT molecular complexity index is 318. The number of carbonyl (C=O) groups is 2. The number of ether oxygens (including phenoxy) is 1. The van der Waals surface area contributed by atoms with Gasteiger partial charge in [-0.05, 0) is 25.7 Å². The van der Waals surface area contributed by atoms with Gasteiger partial charge in [-0.2, -0.15) is 0 Å². The molecular weight excluding hydrogens is 234 g/mol. The lowest BCUT2D eigenvalue weighted by Gasteiger charge is -2.39. The van der Waals surface area contributed by atoms with Crippen LogP contribution in [0.4, 0.5) is 0 Å². The maximum atomic E-state index is 12.1. The average Bonchev–Trinajstić information content (AvgIpc) is 2.28. The molecule has 2 atom stereocenters. The fourth-order valence-corrected chi connectivity index (χ4v) is 2.38. The first-order valence-corrected chi connectivity index (χ1v) is 6.41. The van der Waals surface area contributed by atoms with Crippen LogP contribution < -0.4 is 0 Å². The van der Waals surface area contributed by atoms with Crippen molar-refractivity contribution < 1.29 is 19.4 Å². The Hall–Kier alpha value is -1.10. The number of hydrogen-bond donors (Lipinski definition) is 1. The fourth-order valence-electron chi connectivity index (χ4n) is 2.38. The Kier molecular flexibility index (Phi) is 5.14. The molecule has 104 valence electrons. The van der Waals surface area contributed by atoms with Crippen molar-refractivity contribution in [3.05, 3.63) is 0 Å². The lowest BCUT2D eigenvalue weighted by atomic mass is 9.93. The zero-order valence-corrected chi connectivity index (χ0v) is 11.4. The van der Waals surface area contributed by atoms with Crippen LogP contribution >= 0.6 is 0 Å². The second kappa shape index (κ2) is 6.18. The van der Waals surface area contributed by atoms with Crippen LogP contribution in [-0.4, -0.2) is 47.7 Å². The van der Waals surface area contributed by atoms with Crippen molar-refractivity contribution in [3.63, 3.8) is 0 Å². The number of methoxy groups -OCH3 is 1. The highest BCUT2D eigenvalue weighted by Gasteiger charge is 2.33. The van der Waals surface area contributed by atoms with Gasteiger partial charge in [0.25, 0.3) is 0 Å². The molecule has 1 heterocycles. The lowest BCUT2D eigenvalue weighted by molar-refractivity contribution is -0.141. The summed E-state index contributed by atoms with van der Waals surface area (Å²) in [5.74, 6) is -0.937. The molecule has 1 N–H and O–H groups in total. The van der Waals surface area contributed by atoms with Gasteiger partial charge in [0.05, 0.1) is 5.60 Å². The molecule has 0 aromatic rings. The van der Waals surface area contributed by atoms with Gasteiger partial charge in [0.2, 0.25) is 5.91 Å². The molecule has 0 bridgehead atoms. The number of carbonyl (C=O) groups excluding carboxylic acids is 1. The van der Waals surface area contributed by atoms with Crippen LogP contribution in [0.15, 0.2) is 0 Å². The number of carboxylic acid groups (broad SMARTS) is 1. The number of carboxylic acids is 1. The van der Waals surface area contributed by atoms with Gasteiger partial charge >= 0.3 is 5.97 Å². The standard InChI is InChI=1S/C13H23NO4/c1-10(8-12(16)17)7-11(15)14-6-4-5-13(2,9-14)18-3/h10H,4-9H2,1-3H3,(H,16,17). The van der Waals surface area contributed by atoms with Crippen LogP contribution in [0.25, 0.3) is 0 Å².